The minimum Gasteiger partial charge on any atom is -0.359 e. The van der Waals surface area contributed by atoms with Crippen molar-refractivity contribution in [2.45, 2.75) is 6.42 Å². The third-order valence-electron chi connectivity index (χ3n) is 1.64. The molecule has 70 valence electrons. The minimum absolute atomic E-state index is 0.0417. The molecule has 0 atom stereocenters. The van der Waals surface area contributed by atoms with E-state index in [1.165, 1.54) is 0 Å². The Kier molecular flexibility index (Phi) is 3.75. The summed E-state index contributed by atoms with van der Waals surface area (Å²) in [6.07, 6.45) is 0.314. The molecule has 0 saturated carbocycles. The van der Waals surface area contributed by atoms with E-state index in [1.807, 2.05) is 12.1 Å². The van der Waals surface area contributed by atoms with E-state index in [-0.39, 0.29) is 5.91 Å². The smallest absolute Gasteiger partial charge is 0.224 e. The van der Waals surface area contributed by atoms with Crippen molar-refractivity contribution in [2.24, 2.45) is 0 Å². The first-order valence-electron chi connectivity index (χ1n) is 3.78. The van der Waals surface area contributed by atoms with Crippen molar-refractivity contribution in [3.63, 3.8) is 0 Å². The van der Waals surface area contributed by atoms with Crippen LogP contribution in [0, 0.1) is 0 Å². The molecule has 0 unspecified atom stereocenters. The molecule has 0 saturated heterocycles. The maximum Gasteiger partial charge on any atom is 0.224 e. The molecular formula is C9H9BrClNO. The summed E-state index contributed by atoms with van der Waals surface area (Å²) in [7, 11) is 1.61. The number of carbonyl (C=O) groups is 1. The zero-order valence-electron chi connectivity index (χ0n) is 7.10. The lowest BCUT2D eigenvalue weighted by molar-refractivity contribution is -0.119. The third-order valence-corrected chi connectivity index (χ3v) is 2.50. The van der Waals surface area contributed by atoms with Crippen LogP contribution in [0.3, 0.4) is 0 Å². The van der Waals surface area contributed by atoms with Crippen LogP contribution in [0.2, 0.25) is 5.02 Å². The molecule has 1 aromatic rings. The van der Waals surface area contributed by atoms with Crippen LogP contribution in [0.15, 0.2) is 22.7 Å². The average Bonchev–Trinajstić information content (AvgIpc) is 2.11. The van der Waals surface area contributed by atoms with Crippen molar-refractivity contribution >= 4 is 33.4 Å². The van der Waals surface area contributed by atoms with Crippen LogP contribution in [0.25, 0.3) is 0 Å². The summed E-state index contributed by atoms with van der Waals surface area (Å²) < 4.78 is 0.927. The molecule has 1 aromatic carbocycles. The van der Waals surface area contributed by atoms with E-state index in [2.05, 4.69) is 21.2 Å². The van der Waals surface area contributed by atoms with Crippen molar-refractivity contribution in [3.05, 3.63) is 33.3 Å². The highest BCUT2D eigenvalue weighted by Gasteiger charge is 2.05. The molecule has 1 amide bonds. The standard InChI is InChI=1S/C9H9BrClNO/c1-12-9(13)5-6-4-7(10)2-3-8(6)11/h2-4H,5H2,1H3,(H,12,13). The van der Waals surface area contributed by atoms with Crippen molar-refractivity contribution in [1.82, 2.24) is 5.32 Å². The Morgan fingerprint density at radius 3 is 2.92 bits per heavy atom. The first-order chi connectivity index (χ1) is 6.13. The fraction of sp³-hybridized carbons (Fsp3) is 0.222. The molecule has 4 heteroatoms. The van der Waals surface area contributed by atoms with E-state index in [9.17, 15) is 4.79 Å². The molecule has 0 radical (unpaired) electrons. The van der Waals surface area contributed by atoms with E-state index in [4.69, 9.17) is 11.6 Å². The minimum atomic E-state index is -0.0417. The van der Waals surface area contributed by atoms with Gasteiger partial charge in [-0.1, -0.05) is 27.5 Å². The predicted octanol–water partition coefficient (Wildman–Crippen LogP) is 2.39. The monoisotopic (exact) mass is 261 g/mol. The highest BCUT2D eigenvalue weighted by atomic mass is 79.9. The summed E-state index contributed by atoms with van der Waals surface area (Å²) in [5.41, 5.74) is 0.829. The van der Waals surface area contributed by atoms with Gasteiger partial charge in [-0.3, -0.25) is 4.79 Å². The molecule has 0 aliphatic heterocycles. The van der Waals surface area contributed by atoms with Crippen LogP contribution in [0.4, 0.5) is 0 Å². The van der Waals surface area contributed by atoms with Crippen LogP contribution in [0.5, 0.6) is 0 Å². The van der Waals surface area contributed by atoms with Gasteiger partial charge >= 0.3 is 0 Å². The Labute approximate surface area is 90.4 Å². The summed E-state index contributed by atoms with van der Waals surface area (Å²) in [4.78, 5) is 11.1. The molecule has 0 spiro atoms. The summed E-state index contributed by atoms with van der Waals surface area (Å²) in [5, 5.41) is 3.16. The summed E-state index contributed by atoms with van der Waals surface area (Å²) in [6.45, 7) is 0. The third kappa shape index (κ3) is 3.01. The second-order valence-electron chi connectivity index (χ2n) is 2.59. The van der Waals surface area contributed by atoms with Gasteiger partial charge in [-0.05, 0) is 23.8 Å². The maximum atomic E-state index is 11.1. The van der Waals surface area contributed by atoms with Crippen LogP contribution in [0.1, 0.15) is 5.56 Å². The van der Waals surface area contributed by atoms with E-state index >= 15 is 0 Å². The van der Waals surface area contributed by atoms with E-state index in [1.54, 1.807) is 13.1 Å². The lowest BCUT2D eigenvalue weighted by Gasteiger charge is -2.03. The van der Waals surface area contributed by atoms with Crippen molar-refractivity contribution in [1.29, 1.82) is 0 Å². The van der Waals surface area contributed by atoms with E-state index in [0.29, 0.717) is 11.4 Å². The van der Waals surface area contributed by atoms with Gasteiger partial charge in [0.15, 0.2) is 0 Å². The molecule has 1 rings (SSSR count). The van der Waals surface area contributed by atoms with Crippen LogP contribution in [-0.2, 0) is 11.2 Å². The number of benzene rings is 1. The predicted molar refractivity (Wildman–Crippen MR) is 56.9 cm³/mol. The van der Waals surface area contributed by atoms with Gasteiger partial charge in [-0.25, -0.2) is 0 Å². The molecular weight excluding hydrogens is 253 g/mol. The lowest BCUT2D eigenvalue weighted by atomic mass is 10.1. The zero-order valence-corrected chi connectivity index (χ0v) is 9.45. The fourth-order valence-corrected chi connectivity index (χ4v) is 1.53. The Morgan fingerprint density at radius 1 is 1.62 bits per heavy atom. The van der Waals surface area contributed by atoms with Crippen LogP contribution >= 0.6 is 27.5 Å². The molecule has 0 aromatic heterocycles. The quantitative estimate of drug-likeness (QED) is 0.871. The molecule has 0 fully saturated rings. The first kappa shape index (κ1) is 10.5. The Hall–Kier alpha value is -0.540. The molecule has 1 N–H and O–H groups in total. The van der Waals surface area contributed by atoms with Gasteiger partial charge < -0.3 is 5.32 Å². The summed E-state index contributed by atoms with van der Waals surface area (Å²) >= 11 is 9.21. The van der Waals surface area contributed by atoms with Gasteiger partial charge in [0.05, 0.1) is 6.42 Å². The number of hydrogen-bond acceptors (Lipinski definition) is 1. The SMILES string of the molecule is CNC(=O)Cc1cc(Br)ccc1Cl. The second-order valence-corrected chi connectivity index (χ2v) is 3.91. The van der Waals surface area contributed by atoms with Crippen molar-refractivity contribution < 1.29 is 4.79 Å². The van der Waals surface area contributed by atoms with Gasteiger partial charge in [0.25, 0.3) is 0 Å². The molecule has 0 aliphatic rings. The van der Waals surface area contributed by atoms with Crippen LogP contribution in [-0.4, -0.2) is 13.0 Å². The van der Waals surface area contributed by atoms with Crippen LogP contribution < -0.4 is 5.32 Å². The summed E-state index contributed by atoms with van der Waals surface area (Å²) in [5.74, 6) is -0.0417. The fourth-order valence-electron chi connectivity index (χ4n) is 0.940. The van der Waals surface area contributed by atoms with E-state index in [0.717, 1.165) is 10.0 Å². The van der Waals surface area contributed by atoms with Gasteiger partial charge in [0.2, 0.25) is 5.91 Å². The molecule has 0 bridgehead atoms. The number of likely N-dealkylation sites (N-methyl/N-ethyl adjacent to an activating group) is 1. The van der Waals surface area contributed by atoms with Crippen molar-refractivity contribution in [3.8, 4) is 0 Å². The van der Waals surface area contributed by atoms with Crippen molar-refractivity contribution in [2.75, 3.05) is 7.05 Å². The Balaban J connectivity index is 2.87. The molecule has 0 aliphatic carbocycles. The molecule has 13 heavy (non-hydrogen) atoms. The molecule has 0 heterocycles. The van der Waals surface area contributed by atoms with Gasteiger partial charge in [-0.2, -0.15) is 0 Å². The highest BCUT2D eigenvalue weighted by molar-refractivity contribution is 9.10. The normalized spacial score (nSPS) is 9.77. The first-order valence-corrected chi connectivity index (χ1v) is 4.95. The number of amides is 1. The number of hydrogen-bond donors (Lipinski definition) is 1. The second kappa shape index (κ2) is 4.63. The summed E-state index contributed by atoms with van der Waals surface area (Å²) in [6, 6.07) is 5.46. The van der Waals surface area contributed by atoms with Gasteiger partial charge in [-0.15, -0.1) is 0 Å². The number of nitrogens with one attached hydrogen (secondary N) is 1. The lowest BCUT2D eigenvalue weighted by Crippen LogP contribution is -2.20. The zero-order chi connectivity index (χ0) is 9.84. The largest absolute Gasteiger partial charge is 0.359 e. The number of rotatable bonds is 2. The average molecular weight is 263 g/mol. The molecule has 2 nitrogen and oxygen atoms in total. The van der Waals surface area contributed by atoms with E-state index < -0.39 is 0 Å². The topological polar surface area (TPSA) is 29.1 Å². The highest BCUT2D eigenvalue weighted by Crippen LogP contribution is 2.21. The number of halogens is 2. The van der Waals surface area contributed by atoms with Gasteiger partial charge in [0.1, 0.15) is 0 Å². The number of carbonyl (C=O) groups excluding carboxylic acids is 1. The Morgan fingerprint density at radius 2 is 2.31 bits per heavy atom. The maximum absolute atomic E-state index is 11.1. The Bertz CT molecular complexity index is 327. The van der Waals surface area contributed by atoms with Gasteiger partial charge in [0, 0.05) is 16.5 Å².